The van der Waals surface area contributed by atoms with Crippen LogP contribution < -0.4 is 5.32 Å². The van der Waals surface area contributed by atoms with E-state index in [1.807, 2.05) is 6.07 Å². The molecule has 2 heterocycles. The van der Waals surface area contributed by atoms with Crippen LogP contribution >= 0.6 is 0 Å². The van der Waals surface area contributed by atoms with E-state index in [9.17, 15) is 0 Å². The summed E-state index contributed by atoms with van der Waals surface area (Å²) in [7, 11) is 0. The molecular weight excluding hydrogens is 262 g/mol. The zero-order valence-corrected chi connectivity index (χ0v) is 13.8. The lowest BCUT2D eigenvalue weighted by atomic mass is 10.1. The van der Waals surface area contributed by atoms with Crippen molar-refractivity contribution in [3.05, 3.63) is 24.2 Å². The first-order chi connectivity index (χ1) is 10.3. The summed E-state index contributed by atoms with van der Waals surface area (Å²) < 4.78 is 5.77. The van der Waals surface area contributed by atoms with E-state index in [0.717, 1.165) is 31.9 Å². The summed E-state index contributed by atoms with van der Waals surface area (Å²) in [6, 6.07) is 5.07. The van der Waals surface area contributed by atoms with Crippen molar-refractivity contribution in [3.8, 4) is 0 Å². The van der Waals surface area contributed by atoms with Gasteiger partial charge in [-0.15, -0.1) is 0 Å². The fourth-order valence-electron chi connectivity index (χ4n) is 3.33. The number of nitrogens with one attached hydrogen (secondary N) is 1. The lowest BCUT2D eigenvalue weighted by Crippen LogP contribution is -2.53. The number of hydrogen-bond donors (Lipinski definition) is 1. The van der Waals surface area contributed by atoms with Crippen molar-refractivity contribution in [3.63, 3.8) is 0 Å². The third-order valence-corrected chi connectivity index (χ3v) is 4.34. The molecule has 4 nitrogen and oxygen atoms in total. The first kappa shape index (κ1) is 16.5. The lowest BCUT2D eigenvalue weighted by molar-refractivity contribution is 0.0717. The molecule has 4 heteroatoms. The second-order valence-corrected chi connectivity index (χ2v) is 6.12. The van der Waals surface area contributed by atoms with Gasteiger partial charge in [0, 0.05) is 32.2 Å². The number of piperazine rings is 1. The molecule has 0 saturated carbocycles. The zero-order valence-electron chi connectivity index (χ0n) is 13.8. The molecule has 1 aromatic rings. The molecule has 0 radical (unpaired) electrons. The minimum Gasteiger partial charge on any atom is -0.468 e. The Balaban J connectivity index is 2.11. The number of hydrogen-bond acceptors (Lipinski definition) is 4. The van der Waals surface area contributed by atoms with Crippen LogP contribution in [-0.2, 0) is 0 Å². The Kier molecular flexibility index (Phi) is 6.74. The molecule has 2 unspecified atom stereocenters. The fourth-order valence-corrected chi connectivity index (χ4v) is 3.33. The second kappa shape index (κ2) is 8.57. The summed E-state index contributed by atoms with van der Waals surface area (Å²) in [6.45, 7) is 13.5. The van der Waals surface area contributed by atoms with Gasteiger partial charge in [-0.3, -0.25) is 4.90 Å². The molecule has 0 aliphatic carbocycles. The fraction of sp³-hybridized carbons (Fsp3) is 0.765. The van der Waals surface area contributed by atoms with Crippen molar-refractivity contribution in [1.29, 1.82) is 0 Å². The first-order valence-corrected chi connectivity index (χ1v) is 8.48. The van der Waals surface area contributed by atoms with Gasteiger partial charge in [-0.05, 0) is 45.0 Å². The normalized spacial score (nSPS) is 21.8. The van der Waals surface area contributed by atoms with Crippen LogP contribution in [0.4, 0.5) is 0 Å². The molecular formula is C17H31N3O. The van der Waals surface area contributed by atoms with Crippen LogP contribution in [0.15, 0.2) is 22.8 Å². The van der Waals surface area contributed by atoms with Gasteiger partial charge in [0.25, 0.3) is 0 Å². The van der Waals surface area contributed by atoms with E-state index in [2.05, 4.69) is 42.0 Å². The Morgan fingerprint density at radius 3 is 2.71 bits per heavy atom. The van der Waals surface area contributed by atoms with E-state index in [0.29, 0.717) is 12.1 Å². The average molecular weight is 293 g/mol. The Morgan fingerprint density at radius 2 is 2.14 bits per heavy atom. The molecule has 0 amide bonds. The van der Waals surface area contributed by atoms with Crippen LogP contribution in [0, 0.1) is 0 Å². The molecule has 0 spiro atoms. The topological polar surface area (TPSA) is 31.7 Å². The van der Waals surface area contributed by atoms with Crippen molar-refractivity contribution in [2.24, 2.45) is 0 Å². The first-order valence-electron chi connectivity index (χ1n) is 8.48. The summed E-state index contributed by atoms with van der Waals surface area (Å²) in [5.41, 5.74) is 0. The highest BCUT2D eigenvalue weighted by molar-refractivity contribution is 5.07. The van der Waals surface area contributed by atoms with Gasteiger partial charge in [0.1, 0.15) is 5.76 Å². The van der Waals surface area contributed by atoms with E-state index >= 15 is 0 Å². The SMILES string of the molecule is CCCN(CCC)CC(c1ccco1)N1CCNCC1C. The van der Waals surface area contributed by atoms with Gasteiger partial charge < -0.3 is 14.6 Å². The number of rotatable bonds is 8. The van der Waals surface area contributed by atoms with E-state index in [1.54, 1.807) is 6.26 Å². The van der Waals surface area contributed by atoms with E-state index < -0.39 is 0 Å². The summed E-state index contributed by atoms with van der Waals surface area (Å²) in [5.74, 6) is 1.11. The van der Waals surface area contributed by atoms with Crippen LogP contribution in [0.25, 0.3) is 0 Å². The second-order valence-electron chi connectivity index (χ2n) is 6.12. The number of nitrogens with zero attached hydrogens (tertiary/aromatic N) is 2. The van der Waals surface area contributed by atoms with Crippen LogP contribution in [0.5, 0.6) is 0 Å². The minimum absolute atomic E-state index is 0.371. The molecule has 1 aliphatic heterocycles. The highest BCUT2D eigenvalue weighted by Crippen LogP contribution is 2.25. The molecule has 2 rings (SSSR count). The van der Waals surface area contributed by atoms with Gasteiger partial charge in [0.15, 0.2) is 0 Å². The smallest absolute Gasteiger partial charge is 0.122 e. The third-order valence-electron chi connectivity index (χ3n) is 4.34. The van der Waals surface area contributed by atoms with Crippen LogP contribution in [0.2, 0.25) is 0 Å². The molecule has 1 saturated heterocycles. The van der Waals surface area contributed by atoms with Gasteiger partial charge in [-0.1, -0.05) is 13.8 Å². The standard InChI is InChI=1S/C17H31N3O/c1-4-9-19(10-5-2)14-16(17-7-6-12-21-17)20-11-8-18-13-15(20)3/h6-7,12,15-16,18H,4-5,8-11,13-14H2,1-3H3. The van der Waals surface area contributed by atoms with Crippen LogP contribution in [-0.4, -0.2) is 55.1 Å². The molecule has 120 valence electrons. The Hall–Kier alpha value is -0.840. The predicted octanol–water partition coefficient (Wildman–Crippen LogP) is 2.74. The summed E-state index contributed by atoms with van der Waals surface area (Å²) in [6.07, 6.45) is 4.23. The Morgan fingerprint density at radius 1 is 1.38 bits per heavy atom. The third kappa shape index (κ3) is 4.56. The number of furan rings is 1. The maximum atomic E-state index is 5.77. The molecule has 1 N–H and O–H groups in total. The van der Waals surface area contributed by atoms with Gasteiger partial charge in [0.05, 0.1) is 12.3 Å². The lowest BCUT2D eigenvalue weighted by Gasteiger charge is -2.41. The predicted molar refractivity (Wildman–Crippen MR) is 87.5 cm³/mol. The minimum atomic E-state index is 0.371. The van der Waals surface area contributed by atoms with E-state index in [1.165, 1.54) is 25.9 Å². The molecule has 2 atom stereocenters. The van der Waals surface area contributed by atoms with Crippen LogP contribution in [0.3, 0.4) is 0 Å². The van der Waals surface area contributed by atoms with Crippen molar-refractivity contribution in [1.82, 2.24) is 15.1 Å². The molecule has 1 aliphatic rings. The zero-order chi connectivity index (χ0) is 15.1. The van der Waals surface area contributed by atoms with Gasteiger partial charge in [-0.25, -0.2) is 0 Å². The van der Waals surface area contributed by atoms with Crippen molar-refractivity contribution < 1.29 is 4.42 Å². The van der Waals surface area contributed by atoms with Crippen molar-refractivity contribution >= 4 is 0 Å². The summed E-state index contributed by atoms with van der Waals surface area (Å²) in [4.78, 5) is 5.19. The quantitative estimate of drug-likeness (QED) is 0.798. The monoisotopic (exact) mass is 293 g/mol. The average Bonchev–Trinajstić information content (AvgIpc) is 3.00. The van der Waals surface area contributed by atoms with Gasteiger partial charge in [0.2, 0.25) is 0 Å². The van der Waals surface area contributed by atoms with E-state index in [4.69, 9.17) is 4.42 Å². The Bertz CT molecular complexity index is 373. The van der Waals surface area contributed by atoms with E-state index in [-0.39, 0.29) is 0 Å². The van der Waals surface area contributed by atoms with Crippen molar-refractivity contribution in [2.75, 3.05) is 39.3 Å². The van der Waals surface area contributed by atoms with Crippen LogP contribution in [0.1, 0.15) is 45.4 Å². The maximum Gasteiger partial charge on any atom is 0.122 e. The van der Waals surface area contributed by atoms with Crippen molar-refractivity contribution in [2.45, 2.75) is 45.7 Å². The highest BCUT2D eigenvalue weighted by Gasteiger charge is 2.30. The van der Waals surface area contributed by atoms with Gasteiger partial charge >= 0.3 is 0 Å². The molecule has 0 aromatic carbocycles. The highest BCUT2D eigenvalue weighted by atomic mass is 16.3. The molecule has 21 heavy (non-hydrogen) atoms. The summed E-state index contributed by atoms with van der Waals surface area (Å²) >= 11 is 0. The Labute approximate surface area is 129 Å². The molecule has 1 aromatic heterocycles. The molecule has 0 bridgehead atoms. The molecule has 1 fully saturated rings. The van der Waals surface area contributed by atoms with Gasteiger partial charge in [-0.2, -0.15) is 0 Å². The summed E-state index contributed by atoms with van der Waals surface area (Å²) in [5, 5.41) is 3.48. The maximum absolute atomic E-state index is 5.77. The largest absolute Gasteiger partial charge is 0.468 e.